The second-order valence-corrected chi connectivity index (χ2v) is 5.56. The summed E-state index contributed by atoms with van der Waals surface area (Å²) in [5, 5.41) is 0. The Hall–Kier alpha value is -0.590. The van der Waals surface area contributed by atoms with E-state index in [4.69, 9.17) is 5.84 Å². The van der Waals surface area contributed by atoms with Gasteiger partial charge in [-0.1, -0.05) is 42.3 Å². The lowest BCUT2D eigenvalue weighted by atomic mass is 9.94. The number of hydrazine groups is 1. The van der Waals surface area contributed by atoms with Crippen LogP contribution < -0.4 is 11.3 Å². The fraction of sp³-hybridized carbons (Fsp3) is 0.538. The van der Waals surface area contributed by atoms with Crippen molar-refractivity contribution in [3.05, 3.63) is 33.8 Å². The molecule has 1 rings (SSSR count). The topological polar surface area (TPSA) is 38.0 Å². The molecule has 0 amide bonds. The number of nitrogens with two attached hydrogens (primary N) is 1. The molecule has 0 heterocycles. The summed E-state index contributed by atoms with van der Waals surface area (Å²) in [5.41, 5.74) is 2.48. The van der Waals surface area contributed by atoms with Crippen molar-refractivity contribution >= 4 is 15.9 Å². The van der Waals surface area contributed by atoms with Crippen molar-refractivity contribution in [3.8, 4) is 0 Å². The van der Waals surface area contributed by atoms with E-state index in [0.29, 0.717) is 17.9 Å². The second kappa shape index (κ2) is 6.72. The summed E-state index contributed by atoms with van der Waals surface area (Å²) in [6, 6.07) is 3.95. The van der Waals surface area contributed by atoms with Gasteiger partial charge in [-0.15, -0.1) is 0 Å². The van der Waals surface area contributed by atoms with Crippen LogP contribution in [0, 0.1) is 5.92 Å². The molecule has 0 radical (unpaired) electrons. The van der Waals surface area contributed by atoms with Crippen molar-refractivity contribution in [2.45, 2.75) is 38.9 Å². The molecule has 3 N–H and O–H groups in total. The predicted molar refractivity (Wildman–Crippen MR) is 73.3 cm³/mol. The molecule has 0 saturated heterocycles. The lowest BCUT2D eigenvalue weighted by molar-refractivity contribution is -0.138. The van der Waals surface area contributed by atoms with Gasteiger partial charge in [0.15, 0.2) is 0 Å². The normalized spacial score (nSPS) is 15.3. The lowest BCUT2D eigenvalue weighted by Crippen LogP contribution is -2.29. The van der Waals surface area contributed by atoms with Gasteiger partial charge in [0.05, 0.1) is 5.56 Å². The molecule has 6 heteroatoms. The van der Waals surface area contributed by atoms with Crippen molar-refractivity contribution in [1.82, 2.24) is 5.43 Å². The largest absolute Gasteiger partial charge is 0.417 e. The van der Waals surface area contributed by atoms with E-state index in [0.717, 1.165) is 12.5 Å². The zero-order chi connectivity index (χ0) is 14.6. The third-order valence-electron chi connectivity index (χ3n) is 3.23. The van der Waals surface area contributed by atoms with Gasteiger partial charge in [-0.25, -0.2) is 0 Å². The minimum Gasteiger partial charge on any atom is -0.271 e. The van der Waals surface area contributed by atoms with Gasteiger partial charge in [0.25, 0.3) is 0 Å². The molecule has 0 fully saturated rings. The van der Waals surface area contributed by atoms with Crippen LogP contribution in [0.25, 0.3) is 0 Å². The molecular weight excluding hydrogens is 321 g/mol. The van der Waals surface area contributed by atoms with Gasteiger partial charge in [-0.05, 0) is 30.0 Å². The molecule has 0 aliphatic rings. The van der Waals surface area contributed by atoms with Crippen LogP contribution in [0.15, 0.2) is 22.7 Å². The molecule has 0 bridgehead atoms. The van der Waals surface area contributed by atoms with E-state index in [1.165, 1.54) is 6.07 Å². The summed E-state index contributed by atoms with van der Waals surface area (Å²) >= 11 is 2.93. The minimum absolute atomic E-state index is 0.0445. The molecule has 2 unspecified atom stereocenters. The highest BCUT2D eigenvalue weighted by atomic mass is 79.9. The van der Waals surface area contributed by atoms with Crippen molar-refractivity contribution in [3.63, 3.8) is 0 Å². The number of rotatable bonds is 5. The first-order valence-electron chi connectivity index (χ1n) is 6.12. The third kappa shape index (κ3) is 4.47. The molecule has 0 aromatic heterocycles. The second-order valence-electron chi connectivity index (χ2n) is 4.71. The van der Waals surface area contributed by atoms with Crippen LogP contribution in [0.4, 0.5) is 13.2 Å². The smallest absolute Gasteiger partial charge is 0.271 e. The molecule has 2 nitrogen and oxygen atoms in total. The Kier molecular flexibility index (Phi) is 5.82. The van der Waals surface area contributed by atoms with E-state index < -0.39 is 11.7 Å². The molecule has 1 aromatic rings. The Balaban J connectivity index is 3.06. The quantitative estimate of drug-likeness (QED) is 0.616. The Bertz CT molecular complexity index is 421. The maximum atomic E-state index is 12.8. The van der Waals surface area contributed by atoms with Crippen LogP contribution in [-0.4, -0.2) is 0 Å². The van der Waals surface area contributed by atoms with E-state index in [1.54, 1.807) is 6.07 Å². The maximum Gasteiger partial charge on any atom is 0.417 e. The van der Waals surface area contributed by atoms with Crippen molar-refractivity contribution in [2.75, 3.05) is 0 Å². The van der Waals surface area contributed by atoms with Crippen LogP contribution in [-0.2, 0) is 6.18 Å². The molecule has 108 valence electrons. The number of nitrogens with one attached hydrogen (secondary N) is 1. The zero-order valence-corrected chi connectivity index (χ0v) is 12.5. The van der Waals surface area contributed by atoms with E-state index in [1.807, 2.05) is 13.8 Å². The molecule has 0 aliphatic carbocycles. The van der Waals surface area contributed by atoms with Crippen LogP contribution in [0.3, 0.4) is 0 Å². The first kappa shape index (κ1) is 16.5. The summed E-state index contributed by atoms with van der Waals surface area (Å²) in [6.07, 6.45) is -2.71. The summed E-state index contributed by atoms with van der Waals surface area (Å²) < 4.78 is 38.6. The Morgan fingerprint density at radius 3 is 2.47 bits per heavy atom. The van der Waals surface area contributed by atoms with Crippen molar-refractivity contribution in [1.29, 1.82) is 0 Å². The summed E-state index contributed by atoms with van der Waals surface area (Å²) in [4.78, 5) is 0. The summed E-state index contributed by atoms with van der Waals surface area (Å²) in [7, 11) is 0. The Morgan fingerprint density at radius 1 is 1.37 bits per heavy atom. The van der Waals surface area contributed by atoms with E-state index >= 15 is 0 Å². The average molecular weight is 339 g/mol. The molecule has 19 heavy (non-hydrogen) atoms. The predicted octanol–water partition coefficient (Wildman–Crippen LogP) is 4.41. The lowest BCUT2D eigenvalue weighted by Gasteiger charge is -2.21. The zero-order valence-electron chi connectivity index (χ0n) is 10.9. The number of hydrogen-bond acceptors (Lipinski definition) is 2. The third-order valence-corrected chi connectivity index (χ3v) is 3.93. The molecule has 2 atom stereocenters. The maximum absolute atomic E-state index is 12.8. The summed E-state index contributed by atoms with van der Waals surface area (Å²) in [5.74, 6) is 5.85. The summed E-state index contributed by atoms with van der Waals surface area (Å²) in [6.45, 7) is 4.09. The van der Waals surface area contributed by atoms with Gasteiger partial charge < -0.3 is 0 Å². The molecule has 1 aromatic carbocycles. The number of hydrogen-bond donors (Lipinski definition) is 2. The van der Waals surface area contributed by atoms with E-state index in [-0.39, 0.29) is 10.5 Å². The van der Waals surface area contributed by atoms with Gasteiger partial charge in [-0.2, -0.15) is 13.2 Å². The van der Waals surface area contributed by atoms with Crippen LogP contribution in [0.2, 0.25) is 0 Å². The molecule has 0 spiro atoms. The van der Waals surface area contributed by atoms with Gasteiger partial charge in [0.1, 0.15) is 0 Å². The highest BCUT2D eigenvalue weighted by Crippen LogP contribution is 2.37. The van der Waals surface area contributed by atoms with Crippen molar-refractivity contribution in [2.24, 2.45) is 11.8 Å². The van der Waals surface area contributed by atoms with Gasteiger partial charge in [-0.3, -0.25) is 11.3 Å². The number of benzene rings is 1. The minimum atomic E-state index is -4.37. The molecule has 0 saturated carbocycles. The fourth-order valence-electron chi connectivity index (χ4n) is 1.85. The van der Waals surface area contributed by atoms with Gasteiger partial charge in [0.2, 0.25) is 0 Å². The van der Waals surface area contributed by atoms with Crippen LogP contribution >= 0.6 is 15.9 Å². The molecular formula is C13H18BrF3N2. The van der Waals surface area contributed by atoms with E-state index in [9.17, 15) is 13.2 Å². The first-order chi connectivity index (χ1) is 8.79. The first-order valence-corrected chi connectivity index (χ1v) is 6.91. The van der Waals surface area contributed by atoms with Crippen LogP contribution in [0.5, 0.6) is 0 Å². The molecule has 0 aliphatic heterocycles. The van der Waals surface area contributed by atoms with Gasteiger partial charge >= 0.3 is 6.18 Å². The van der Waals surface area contributed by atoms with Gasteiger partial charge in [0, 0.05) is 10.5 Å². The fourth-order valence-corrected chi connectivity index (χ4v) is 2.32. The Morgan fingerprint density at radius 2 is 2.00 bits per heavy atom. The van der Waals surface area contributed by atoms with Crippen molar-refractivity contribution < 1.29 is 13.2 Å². The SMILES string of the molecule is CCC(C)CC(NN)c1ccc(Br)c(C(F)(F)F)c1. The highest BCUT2D eigenvalue weighted by Gasteiger charge is 2.33. The number of alkyl halides is 3. The highest BCUT2D eigenvalue weighted by molar-refractivity contribution is 9.10. The standard InChI is InChI=1S/C13H18BrF3N2/c1-3-8(2)6-12(19-18)9-4-5-11(14)10(7-9)13(15,16)17/h4-5,7-8,12,19H,3,6,18H2,1-2H3. The Labute approximate surface area is 119 Å². The van der Waals surface area contributed by atoms with Crippen LogP contribution in [0.1, 0.15) is 43.9 Å². The number of halogens is 4. The average Bonchev–Trinajstić information content (AvgIpc) is 2.35. The monoisotopic (exact) mass is 338 g/mol. The van der Waals surface area contributed by atoms with E-state index in [2.05, 4.69) is 21.4 Å².